The van der Waals surface area contributed by atoms with Crippen molar-refractivity contribution in [1.82, 2.24) is 9.55 Å². The van der Waals surface area contributed by atoms with Crippen LogP contribution in [-0.4, -0.2) is 9.55 Å². The lowest BCUT2D eigenvalue weighted by Crippen LogP contribution is -2.16. The Morgan fingerprint density at radius 1 is 0.609 bits per heavy atom. The first-order valence-corrected chi connectivity index (χ1v) is 16.5. The third-order valence-corrected chi connectivity index (χ3v) is 10.5. The monoisotopic (exact) mass is 609 g/mol. The molecule has 220 valence electrons. The van der Waals surface area contributed by atoms with Gasteiger partial charge in [0, 0.05) is 32.7 Å². The van der Waals surface area contributed by atoms with Crippen molar-refractivity contribution >= 4 is 48.8 Å². The van der Waals surface area contributed by atoms with Crippen LogP contribution in [-0.2, 0) is 5.41 Å². The van der Waals surface area contributed by atoms with Crippen LogP contribution >= 0.6 is 11.3 Å². The summed E-state index contributed by atoms with van der Waals surface area (Å²) >= 11 is 1.83. The van der Waals surface area contributed by atoms with Gasteiger partial charge in [-0.15, -0.1) is 11.3 Å². The Morgan fingerprint density at radius 2 is 1.30 bits per heavy atom. The van der Waals surface area contributed by atoms with Crippen molar-refractivity contribution < 1.29 is 0 Å². The lowest BCUT2D eigenvalue weighted by Gasteiger charge is -2.27. The van der Waals surface area contributed by atoms with Crippen molar-refractivity contribution in [3.63, 3.8) is 0 Å². The Hall–Kier alpha value is -5.45. The molecular weight excluding hydrogens is 579 g/mol. The van der Waals surface area contributed by atoms with E-state index in [4.69, 9.17) is 4.98 Å². The summed E-state index contributed by atoms with van der Waals surface area (Å²) in [4.78, 5) is 7.52. The van der Waals surface area contributed by atoms with Crippen molar-refractivity contribution in [2.75, 3.05) is 4.90 Å². The molecule has 1 aliphatic carbocycles. The van der Waals surface area contributed by atoms with Crippen LogP contribution in [0.3, 0.4) is 0 Å². The fraction of sp³-hybridized carbons (Fsp3) is 0.0714. The van der Waals surface area contributed by atoms with Crippen molar-refractivity contribution in [1.29, 1.82) is 0 Å². The largest absolute Gasteiger partial charge is 0.302 e. The van der Waals surface area contributed by atoms with Gasteiger partial charge in [0.1, 0.15) is 10.8 Å². The molecule has 0 amide bonds. The number of aromatic nitrogens is 2. The number of benzene rings is 6. The molecule has 0 atom stereocenters. The molecule has 0 fully saturated rings. The summed E-state index contributed by atoms with van der Waals surface area (Å²) in [6, 6.07) is 54.6. The Balaban J connectivity index is 1.19. The van der Waals surface area contributed by atoms with Crippen LogP contribution < -0.4 is 4.90 Å². The smallest absolute Gasteiger partial charge is 0.145 e. The molecule has 0 radical (unpaired) electrons. The summed E-state index contributed by atoms with van der Waals surface area (Å²) in [6.45, 7) is 4.69. The first-order chi connectivity index (χ1) is 22.6. The highest BCUT2D eigenvalue weighted by Crippen LogP contribution is 2.51. The number of hydrogen-bond donors (Lipinski definition) is 0. The Labute approximate surface area is 272 Å². The van der Waals surface area contributed by atoms with Gasteiger partial charge in [-0.1, -0.05) is 92.7 Å². The van der Waals surface area contributed by atoms with Crippen LogP contribution in [0, 0.1) is 0 Å². The Morgan fingerprint density at radius 3 is 2.15 bits per heavy atom. The molecule has 0 bridgehead atoms. The average Bonchev–Trinajstić information content (AvgIpc) is 3.77. The predicted molar refractivity (Wildman–Crippen MR) is 194 cm³/mol. The number of fused-ring (bicyclic) bond motifs is 5. The molecule has 0 spiro atoms. The maximum Gasteiger partial charge on any atom is 0.145 e. The first-order valence-electron chi connectivity index (χ1n) is 15.7. The third-order valence-electron chi connectivity index (χ3n) is 9.42. The lowest BCUT2D eigenvalue weighted by atomic mass is 9.82. The molecule has 8 aromatic rings. The fourth-order valence-electron chi connectivity index (χ4n) is 7.13. The molecule has 0 saturated heterocycles. The van der Waals surface area contributed by atoms with E-state index in [0.717, 1.165) is 39.5 Å². The fourth-order valence-corrected chi connectivity index (χ4v) is 8.24. The molecule has 1 aliphatic rings. The maximum absolute atomic E-state index is 5.11. The number of nitrogens with zero attached hydrogens (tertiary/aromatic N) is 3. The van der Waals surface area contributed by atoms with Crippen LogP contribution in [0.5, 0.6) is 0 Å². The maximum atomic E-state index is 5.11. The van der Waals surface area contributed by atoms with Crippen LogP contribution in [0.4, 0.5) is 16.4 Å². The highest BCUT2D eigenvalue weighted by Gasteiger charge is 2.35. The topological polar surface area (TPSA) is 21.1 Å². The molecule has 2 aromatic heterocycles. The zero-order chi connectivity index (χ0) is 30.8. The summed E-state index contributed by atoms with van der Waals surface area (Å²) in [5.41, 5.74) is 11.9. The number of hydrogen-bond acceptors (Lipinski definition) is 3. The van der Waals surface area contributed by atoms with Crippen molar-refractivity contribution in [3.8, 4) is 28.2 Å². The van der Waals surface area contributed by atoms with Gasteiger partial charge in [0.15, 0.2) is 0 Å². The molecule has 0 saturated carbocycles. The number of anilines is 3. The van der Waals surface area contributed by atoms with Gasteiger partial charge in [-0.05, 0) is 100 Å². The van der Waals surface area contributed by atoms with Gasteiger partial charge in [0.05, 0.1) is 11.0 Å². The minimum atomic E-state index is -0.0753. The molecule has 0 unspecified atom stereocenters. The minimum absolute atomic E-state index is 0.0753. The van der Waals surface area contributed by atoms with E-state index in [-0.39, 0.29) is 5.41 Å². The SMILES string of the molecule is CC1(C)c2ccccc2-c2ccc(N(c3ccc(-c4nc5ccccc5n4-c4ccccc4)cc3)c3cc4ccccc4s3)cc21. The predicted octanol–water partition coefficient (Wildman–Crippen LogP) is 11.7. The zero-order valence-electron chi connectivity index (χ0n) is 25.7. The lowest BCUT2D eigenvalue weighted by molar-refractivity contribution is 0.660. The Bertz CT molecular complexity index is 2360. The quantitative estimate of drug-likeness (QED) is 0.194. The van der Waals surface area contributed by atoms with E-state index in [1.807, 2.05) is 11.3 Å². The highest BCUT2D eigenvalue weighted by molar-refractivity contribution is 7.23. The number of thiophene rings is 1. The molecule has 6 aromatic carbocycles. The summed E-state index contributed by atoms with van der Waals surface area (Å²) in [6.07, 6.45) is 0. The van der Waals surface area contributed by atoms with Crippen LogP contribution in [0.25, 0.3) is 49.3 Å². The molecule has 3 nitrogen and oxygen atoms in total. The summed E-state index contributed by atoms with van der Waals surface area (Å²) in [5, 5.41) is 2.45. The van der Waals surface area contributed by atoms with Crippen molar-refractivity contribution in [2.24, 2.45) is 0 Å². The number of rotatable bonds is 5. The molecular formula is C42H31N3S. The molecule has 46 heavy (non-hydrogen) atoms. The third kappa shape index (κ3) is 4.14. The summed E-state index contributed by atoms with van der Waals surface area (Å²) in [5.74, 6) is 0.935. The average molecular weight is 610 g/mol. The first kappa shape index (κ1) is 26.9. The zero-order valence-corrected chi connectivity index (χ0v) is 26.5. The second-order valence-corrected chi connectivity index (χ2v) is 13.6. The molecule has 9 rings (SSSR count). The number of para-hydroxylation sites is 3. The van der Waals surface area contributed by atoms with Gasteiger partial charge in [0.2, 0.25) is 0 Å². The van der Waals surface area contributed by atoms with Gasteiger partial charge in [-0.2, -0.15) is 0 Å². The minimum Gasteiger partial charge on any atom is -0.302 e. The number of imidazole rings is 1. The van der Waals surface area contributed by atoms with E-state index in [1.165, 1.54) is 37.3 Å². The normalized spacial score (nSPS) is 13.2. The van der Waals surface area contributed by atoms with Gasteiger partial charge in [0.25, 0.3) is 0 Å². The van der Waals surface area contributed by atoms with Gasteiger partial charge >= 0.3 is 0 Å². The second kappa shape index (κ2) is 10.3. The Kier molecular flexibility index (Phi) is 6.02. The van der Waals surface area contributed by atoms with Gasteiger partial charge in [-0.3, -0.25) is 4.57 Å². The second-order valence-electron chi connectivity index (χ2n) is 12.5. The van der Waals surface area contributed by atoms with E-state index in [9.17, 15) is 0 Å². The van der Waals surface area contributed by atoms with Crippen LogP contribution in [0.1, 0.15) is 25.0 Å². The standard InChI is InChI=1S/C42H31N3S/c1-42(2)35-16-8-7-15-33(35)34-25-24-32(27-36(34)42)44(40-26-29-12-6-11-19-39(29)46-40)31-22-20-28(21-23-31)41-43-37-17-9-10-18-38(37)45(41)30-13-4-3-5-14-30/h3-27H,1-2H3. The molecule has 0 aliphatic heterocycles. The van der Waals surface area contributed by atoms with Gasteiger partial charge in [-0.25, -0.2) is 4.98 Å². The van der Waals surface area contributed by atoms with Crippen molar-refractivity contribution in [2.45, 2.75) is 19.3 Å². The van der Waals surface area contributed by atoms with Crippen molar-refractivity contribution in [3.05, 3.63) is 163 Å². The van der Waals surface area contributed by atoms with Gasteiger partial charge < -0.3 is 4.90 Å². The highest BCUT2D eigenvalue weighted by atomic mass is 32.1. The van der Waals surface area contributed by atoms with E-state index >= 15 is 0 Å². The van der Waals surface area contributed by atoms with Crippen LogP contribution in [0.15, 0.2) is 152 Å². The van der Waals surface area contributed by atoms with E-state index in [2.05, 4.69) is 175 Å². The molecule has 2 heterocycles. The van der Waals surface area contributed by atoms with Crippen LogP contribution in [0.2, 0.25) is 0 Å². The van der Waals surface area contributed by atoms with E-state index < -0.39 is 0 Å². The molecule has 0 N–H and O–H groups in total. The summed E-state index contributed by atoms with van der Waals surface area (Å²) in [7, 11) is 0. The van der Waals surface area contributed by atoms with E-state index in [0.29, 0.717) is 0 Å². The molecule has 4 heteroatoms. The van der Waals surface area contributed by atoms with E-state index in [1.54, 1.807) is 0 Å². The summed E-state index contributed by atoms with van der Waals surface area (Å²) < 4.78 is 3.54.